The number of nitrogens with one attached hydrogen (secondary N) is 1. The van der Waals surface area contributed by atoms with E-state index in [0.717, 1.165) is 46.7 Å². The first-order chi connectivity index (χ1) is 24.6. The molecule has 0 bridgehead atoms. The van der Waals surface area contributed by atoms with Gasteiger partial charge in [-0.3, -0.25) is 15.3 Å². The van der Waals surface area contributed by atoms with Gasteiger partial charge in [0, 0.05) is 43.1 Å². The molecule has 3 heterocycles. The zero-order valence-corrected chi connectivity index (χ0v) is 30.3. The molecule has 3 aliphatic rings. The molecule has 1 fully saturated rings. The minimum atomic E-state index is -0.590. The molecule has 3 unspecified atom stereocenters. The highest BCUT2D eigenvalue weighted by Crippen LogP contribution is 2.36. The first kappa shape index (κ1) is 36.8. The number of rotatable bonds is 11. The van der Waals surface area contributed by atoms with Crippen molar-refractivity contribution in [1.29, 1.82) is 0 Å². The number of methoxy groups -OCH3 is 2. The van der Waals surface area contributed by atoms with Gasteiger partial charge in [-0.25, -0.2) is 4.79 Å². The van der Waals surface area contributed by atoms with Gasteiger partial charge in [0.05, 0.1) is 31.7 Å². The van der Waals surface area contributed by atoms with E-state index in [2.05, 4.69) is 23.1 Å². The first-order valence-electron chi connectivity index (χ1n) is 17.2. The summed E-state index contributed by atoms with van der Waals surface area (Å²) in [7, 11) is 3.26. The summed E-state index contributed by atoms with van der Waals surface area (Å²) in [6, 6.07) is 15.3. The van der Waals surface area contributed by atoms with Crippen molar-refractivity contribution in [2.75, 3.05) is 33.9 Å². The lowest BCUT2D eigenvalue weighted by Crippen LogP contribution is -2.49. The van der Waals surface area contributed by atoms with E-state index in [9.17, 15) is 4.79 Å². The molecule has 51 heavy (non-hydrogen) atoms. The third-order valence-corrected chi connectivity index (χ3v) is 8.49. The Morgan fingerprint density at radius 3 is 2.65 bits per heavy atom. The van der Waals surface area contributed by atoms with Crippen LogP contribution in [0.15, 0.2) is 93.7 Å². The molecule has 0 spiro atoms. The lowest BCUT2D eigenvalue weighted by Gasteiger charge is -2.38. The number of carbonyl (C=O) groups excluding carboxylic acids is 1. The molecule has 266 valence electrons. The minimum absolute atomic E-state index is 0.0974. The van der Waals surface area contributed by atoms with Crippen molar-refractivity contribution in [2.45, 2.75) is 64.9 Å². The van der Waals surface area contributed by atoms with Gasteiger partial charge >= 0.3 is 6.09 Å². The summed E-state index contributed by atoms with van der Waals surface area (Å²) >= 11 is 0. The molecule has 2 aromatic rings. The molecule has 2 aromatic carbocycles. The minimum Gasteiger partial charge on any atom is -0.497 e. The number of aliphatic imine (C=N–C) groups is 1. The number of para-hydroxylation sites is 1. The maximum absolute atomic E-state index is 13.1. The van der Waals surface area contributed by atoms with Crippen molar-refractivity contribution < 1.29 is 23.7 Å². The molecular formula is C41H47N5O5. The highest BCUT2D eigenvalue weighted by Gasteiger charge is 2.40. The summed E-state index contributed by atoms with van der Waals surface area (Å²) in [6.45, 7) is 9.57. The Morgan fingerprint density at radius 1 is 1.12 bits per heavy atom. The van der Waals surface area contributed by atoms with Gasteiger partial charge in [0.2, 0.25) is 0 Å². The zero-order valence-electron chi connectivity index (χ0n) is 30.3. The largest absolute Gasteiger partial charge is 0.497 e. The third-order valence-electron chi connectivity index (χ3n) is 8.49. The quantitative estimate of drug-likeness (QED) is 0.217. The van der Waals surface area contributed by atoms with Gasteiger partial charge in [0.25, 0.3) is 0 Å². The molecule has 0 aliphatic carbocycles. The van der Waals surface area contributed by atoms with Crippen molar-refractivity contribution >= 4 is 18.0 Å². The van der Waals surface area contributed by atoms with Gasteiger partial charge in [-0.15, -0.1) is 6.42 Å². The van der Waals surface area contributed by atoms with Gasteiger partial charge in [-0.2, -0.15) is 5.10 Å². The summed E-state index contributed by atoms with van der Waals surface area (Å²) in [6.07, 6.45) is 14.1. The van der Waals surface area contributed by atoms with Crippen LogP contribution in [0.4, 0.5) is 4.79 Å². The van der Waals surface area contributed by atoms with Gasteiger partial charge in [0.1, 0.15) is 35.4 Å². The van der Waals surface area contributed by atoms with Crippen LogP contribution in [-0.4, -0.2) is 79.7 Å². The number of fused-ring (bicyclic) bond motifs is 1. The fourth-order valence-corrected chi connectivity index (χ4v) is 6.08. The van der Waals surface area contributed by atoms with Crippen LogP contribution >= 0.6 is 0 Å². The fourth-order valence-electron chi connectivity index (χ4n) is 6.08. The molecule has 0 saturated carbocycles. The Bertz CT molecular complexity index is 1820. The highest BCUT2D eigenvalue weighted by atomic mass is 16.6. The standard InChI is InChI=1S/C41H47N5O5/c1-8-14-30(15-13-24-50-33-17-10-9-11-18-33)38-35-21-22-37(43-27-31-19-20-34(48-6)25-36(31)49-7)42-26-29(2)39(35)46(44-38)32-16-12-23-45(28-32)40(47)51-41(3,4)5/h1,9-11,13-15,17-20,25-26,32,35,37,43H,12,16,23-24,27-28H2,2-7H3/b15-13-,30-14+,39-29+,42-26-. The fraction of sp³-hybridized carbons (Fsp3) is 0.390. The molecule has 3 atom stereocenters. The van der Waals surface area contributed by atoms with E-state index in [1.54, 1.807) is 25.2 Å². The van der Waals surface area contributed by atoms with Crippen LogP contribution < -0.4 is 19.5 Å². The Hall–Kier alpha value is -5.45. The number of amides is 1. The number of allylic oxidation sites excluding steroid dienone is 5. The van der Waals surface area contributed by atoms with Crippen LogP contribution in [0.2, 0.25) is 0 Å². The number of ether oxygens (including phenoxy) is 4. The Kier molecular flexibility index (Phi) is 12.3. The van der Waals surface area contributed by atoms with E-state index < -0.39 is 17.7 Å². The smallest absolute Gasteiger partial charge is 0.410 e. The number of carbonyl (C=O) groups is 1. The third kappa shape index (κ3) is 9.62. The highest BCUT2D eigenvalue weighted by molar-refractivity contribution is 6.09. The summed E-state index contributed by atoms with van der Waals surface area (Å²) in [5, 5.41) is 10.7. The van der Waals surface area contributed by atoms with Crippen LogP contribution in [0.3, 0.4) is 0 Å². The number of terminal acetylenes is 1. The van der Waals surface area contributed by atoms with E-state index in [0.29, 0.717) is 37.7 Å². The first-order valence-corrected chi connectivity index (χ1v) is 17.2. The van der Waals surface area contributed by atoms with Crippen LogP contribution in [0.5, 0.6) is 17.2 Å². The molecule has 10 heteroatoms. The molecule has 1 amide bonds. The number of piperidine rings is 1. The predicted octanol–water partition coefficient (Wildman–Crippen LogP) is 6.36. The molecule has 10 nitrogen and oxygen atoms in total. The van der Waals surface area contributed by atoms with Gasteiger partial charge in [-0.1, -0.05) is 48.1 Å². The van der Waals surface area contributed by atoms with E-state index in [-0.39, 0.29) is 12.1 Å². The number of hydrazone groups is 1. The molecule has 0 aromatic heterocycles. The summed E-state index contributed by atoms with van der Waals surface area (Å²) in [5.41, 5.74) is 3.69. The lowest BCUT2D eigenvalue weighted by molar-refractivity contribution is 0.0134. The average molecular weight is 690 g/mol. The maximum Gasteiger partial charge on any atom is 0.410 e. The number of likely N-dealkylation sites (tertiary alicyclic amines) is 1. The van der Waals surface area contributed by atoms with Gasteiger partial charge in [-0.05, 0) is 76.5 Å². The van der Waals surface area contributed by atoms with Crippen LogP contribution in [0.25, 0.3) is 0 Å². The molecular weight excluding hydrogens is 642 g/mol. The van der Waals surface area contributed by atoms with Crippen molar-refractivity contribution in [2.24, 2.45) is 16.0 Å². The van der Waals surface area contributed by atoms with Crippen molar-refractivity contribution in [1.82, 2.24) is 15.2 Å². The lowest BCUT2D eigenvalue weighted by atomic mass is 9.91. The molecule has 5 rings (SSSR count). The zero-order chi connectivity index (χ0) is 36.4. The number of hydrogen-bond donors (Lipinski definition) is 1. The van der Waals surface area contributed by atoms with Crippen molar-refractivity contribution in [3.05, 3.63) is 89.2 Å². The second-order valence-electron chi connectivity index (χ2n) is 13.4. The topological polar surface area (TPSA) is 97.2 Å². The summed E-state index contributed by atoms with van der Waals surface area (Å²) in [4.78, 5) is 19.7. The summed E-state index contributed by atoms with van der Waals surface area (Å²) < 4.78 is 22.6. The van der Waals surface area contributed by atoms with Gasteiger partial charge < -0.3 is 23.8 Å². The van der Waals surface area contributed by atoms with Crippen molar-refractivity contribution in [3.63, 3.8) is 0 Å². The SMILES string of the molecule is C#C/C=C(\C=C/COc1ccccc1)C1=NN(C2CCCN(C(=O)OC(C)(C)C)C2)/C2=C(C)/C=N\C(NCc3ccc(OC)cc3OC)C#CC12. The van der Waals surface area contributed by atoms with E-state index >= 15 is 0 Å². The van der Waals surface area contributed by atoms with E-state index in [1.165, 1.54) is 0 Å². The Balaban J connectivity index is 1.45. The van der Waals surface area contributed by atoms with Crippen molar-refractivity contribution in [3.8, 4) is 41.4 Å². The number of benzene rings is 2. The Morgan fingerprint density at radius 2 is 1.92 bits per heavy atom. The Labute approximate surface area is 301 Å². The number of hydrogen-bond acceptors (Lipinski definition) is 9. The molecule has 0 radical (unpaired) electrons. The van der Waals surface area contributed by atoms with Crippen LogP contribution in [0.1, 0.15) is 46.1 Å². The predicted molar refractivity (Wildman–Crippen MR) is 201 cm³/mol. The molecule has 3 aliphatic heterocycles. The normalized spacial score (nSPS) is 22.5. The van der Waals surface area contributed by atoms with E-state index in [4.69, 9.17) is 35.5 Å². The van der Waals surface area contributed by atoms with Crippen LogP contribution in [0, 0.1) is 30.1 Å². The molecule has 1 N–H and O–H groups in total. The molecule has 1 saturated heterocycles. The number of nitrogens with zero attached hydrogens (tertiary/aromatic N) is 4. The summed E-state index contributed by atoms with van der Waals surface area (Å²) in [5.74, 6) is 11.4. The second-order valence-corrected chi connectivity index (χ2v) is 13.4. The van der Waals surface area contributed by atoms with E-state index in [1.807, 2.05) is 99.6 Å². The monoisotopic (exact) mass is 689 g/mol. The average Bonchev–Trinajstić information content (AvgIpc) is 3.50. The van der Waals surface area contributed by atoms with Gasteiger partial charge in [0.15, 0.2) is 6.17 Å². The van der Waals surface area contributed by atoms with Crippen LogP contribution in [-0.2, 0) is 11.3 Å². The maximum atomic E-state index is 13.1. The second kappa shape index (κ2) is 17.0.